The highest BCUT2D eigenvalue weighted by Gasteiger charge is 2.24. The van der Waals surface area contributed by atoms with Crippen LogP contribution in [-0.4, -0.2) is 18.5 Å². The second-order valence-corrected chi connectivity index (χ2v) is 8.85. The molecule has 4 rings (SSSR count). The predicted molar refractivity (Wildman–Crippen MR) is 115 cm³/mol. The van der Waals surface area contributed by atoms with Crippen LogP contribution < -0.4 is 26.5 Å². The number of hydrogen-bond donors (Lipinski definition) is 2. The molecule has 1 saturated heterocycles. The number of para-hydroxylation sites is 1. The van der Waals surface area contributed by atoms with Gasteiger partial charge in [0.25, 0.3) is 0 Å². The number of anilines is 1. The van der Waals surface area contributed by atoms with E-state index in [2.05, 4.69) is 71.3 Å². The van der Waals surface area contributed by atoms with E-state index in [4.69, 9.17) is 0 Å². The Morgan fingerprint density at radius 2 is 1.44 bits per heavy atom. The first kappa shape index (κ1) is 17.9. The number of nitrogens with one attached hydrogen (secondary N) is 2. The van der Waals surface area contributed by atoms with Gasteiger partial charge in [0.05, 0.1) is 6.04 Å². The number of carbonyl (C=O) groups is 1. The van der Waals surface area contributed by atoms with Crippen molar-refractivity contribution in [1.29, 1.82) is 0 Å². The topological polar surface area (TPSA) is 41.1 Å². The lowest BCUT2D eigenvalue weighted by atomic mass is 10.2. The Kier molecular flexibility index (Phi) is 5.62. The lowest BCUT2D eigenvalue weighted by Crippen LogP contribution is -2.37. The minimum atomic E-state index is -0.745. The Labute approximate surface area is 161 Å². The summed E-state index contributed by atoms with van der Waals surface area (Å²) in [5, 5.41) is 10.2. The van der Waals surface area contributed by atoms with E-state index in [1.54, 1.807) is 0 Å². The second-order valence-electron chi connectivity index (χ2n) is 6.66. The summed E-state index contributed by atoms with van der Waals surface area (Å²) in [5.74, 6) is 0.0658. The minimum Gasteiger partial charge on any atom is -0.324 e. The zero-order valence-corrected chi connectivity index (χ0v) is 16.0. The van der Waals surface area contributed by atoms with Gasteiger partial charge in [-0.1, -0.05) is 78.9 Å². The molecule has 2 N–H and O–H groups in total. The predicted octanol–water partition coefficient (Wildman–Crippen LogP) is 3.14. The first-order valence-corrected chi connectivity index (χ1v) is 10.7. The van der Waals surface area contributed by atoms with Crippen molar-refractivity contribution in [3.05, 3.63) is 84.9 Å². The largest absolute Gasteiger partial charge is 0.324 e. The summed E-state index contributed by atoms with van der Waals surface area (Å²) < 4.78 is 0. The first-order chi connectivity index (χ1) is 13.3. The highest BCUT2D eigenvalue weighted by molar-refractivity contribution is 7.80. The zero-order valence-electron chi connectivity index (χ0n) is 15.1. The van der Waals surface area contributed by atoms with E-state index in [1.807, 2.05) is 24.3 Å². The molecule has 0 radical (unpaired) electrons. The Hall–Kier alpha value is -2.48. The van der Waals surface area contributed by atoms with Gasteiger partial charge in [-0.05, 0) is 44.0 Å². The number of amides is 1. The van der Waals surface area contributed by atoms with Crippen LogP contribution in [0.5, 0.6) is 0 Å². The molecule has 3 nitrogen and oxygen atoms in total. The van der Waals surface area contributed by atoms with Crippen LogP contribution in [0.25, 0.3) is 0 Å². The third-order valence-corrected chi connectivity index (χ3v) is 7.31. The van der Waals surface area contributed by atoms with Gasteiger partial charge in [-0.25, -0.2) is 0 Å². The van der Waals surface area contributed by atoms with Crippen molar-refractivity contribution in [2.24, 2.45) is 0 Å². The van der Waals surface area contributed by atoms with E-state index in [0.29, 0.717) is 0 Å². The molecule has 1 aliphatic heterocycles. The number of carbonyl (C=O) groups excluding carboxylic acids is 1. The van der Waals surface area contributed by atoms with Gasteiger partial charge in [-0.3, -0.25) is 4.79 Å². The van der Waals surface area contributed by atoms with Crippen LogP contribution in [0.4, 0.5) is 5.69 Å². The molecule has 0 aromatic heterocycles. The van der Waals surface area contributed by atoms with Crippen LogP contribution in [0, 0.1) is 0 Å². The van der Waals surface area contributed by atoms with E-state index in [0.717, 1.165) is 25.1 Å². The van der Waals surface area contributed by atoms with E-state index < -0.39 is 7.92 Å². The van der Waals surface area contributed by atoms with Crippen LogP contribution in [0.15, 0.2) is 84.9 Å². The summed E-state index contributed by atoms with van der Waals surface area (Å²) in [6.07, 6.45) is 1.96. The Bertz CT molecular complexity index is 853. The molecule has 1 aliphatic rings. The van der Waals surface area contributed by atoms with E-state index >= 15 is 0 Å². The molecule has 1 fully saturated rings. The smallest absolute Gasteiger partial charge is 0.241 e. The summed E-state index contributed by atoms with van der Waals surface area (Å²) in [7, 11) is -0.745. The molecule has 0 bridgehead atoms. The van der Waals surface area contributed by atoms with Crippen molar-refractivity contribution < 1.29 is 4.79 Å². The first-order valence-electron chi connectivity index (χ1n) is 9.36. The highest BCUT2D eigenvalue weighted by Crippen LogP contribution is 2.35. The normalized spacial score (nSPS) is 16.4. The Morgan fingerprint density at radius 3 is 2.04 bits per heavy atom. The van der Waals surface area contributed by atoms with Crippen LogP contribution in [0.3, 0.4) is 0 Å². The van der Waals surface area contributed by atoms with Crippen molar-refractivity contribution in [1.82, 2.24) is 5.32 Å². The van der Waals surface area contributed by atoms with Gasteiger partial charge in [-0.15, -0.1) is 0 Å². The minimum absolute atomic E-state index is 0.0658. The monoisotopic (exact) mass is 374 g/mol. The molecule has 0 spiro atoms. The van der Waals surface area contributed by atoms with E-state index in [1.165, 1.54) is 15.9 Å². The third kappa shape index (κ3) is 4.10. The average molecular weight is 374 g/mol. The molecule has 1 amide bonds. The van der Waals surface area contributed by atoms with Gasteiger partial charge in [0.1, 0.15) is 0 Å². The van der Waals surface area contributed by atoms with Gasteiger partial charge < -0.3 is 10.6 Å². The van der Waals surface area contributed by atoms with Crippen molar-refractivity contribution >= 4 is 35.4 Å². The molecular weight excluding hydrogens is 351 g/mol. The molecule has 4 heteroatoms. The molecule has 27 heavy (non-hydrogen) atoms. The lowest BCUT2D eigenvalue weighted by Gasteiger charge is -2.23. The third-order valence-electron chi connectivity index (χ3n) is 4.81. The Morgan fingerprint density at radius 1 is 0.852 bits per heavy atom. The van der Waals surface area contributed by atoms with Gasteiger partial charge >= 0.3 is 0 Å². The van der Waals surface area contributed by atoms with Crippen molar-refractivity contribution in [3.63, 3.8) is 0 Å². The van der Waals surface area contributed by atoms with Crippen LogP contribution >= 0.6 is 7.92 Å². The second kappa shape index (κ2) is 8.47. The SMILES string of the molecule is O=C(Nc1ccccc1P(c1ccccc1)c1ccccc1)[C@@H]1CCCN1. The molecule has 1 heterocycles. The number of rotatable bonds is 5. The molecule has 1 atom stereocenters. The standard InChI is InChI=1S/C23H23N2OP/c26-23(21-15-9-17-24-21)25-20-14-7-8-16-22(20)27(18-10-3-1-4-11-18)19-12-5-2-6-13-19/h1-8,10-14,16,21,24H,9,15,17H2,(H,25,26)/t21-/m0/s1. The molecule has 136 valence electrons. The molecule has 3 aromatic rings. The maximum absolute atomic E-state index is 12.7. The molecular formula is C23H23N2OP. The number of hydrogen-bond acceptors (Lipinski definition) is 2. The maximum atomic E-state index is 12.7. The average Bonchev–Trinajstić information content (AvgIpc) is 3.26. The Balaban J connectivity index is 1.73. The summed E-state index contributed by atoms with van der Waals surface area (Å²) in [5.41, 5.74) is 0.912. The number of benzene rings is 3. The summed E-state index contributed by atoms with van der Waals surface area (Å²) in [6, 6.07) is 29.2. The van der Waals surface area contributed by atoms with Crippen LogP contribution in [0.2, 0.25) is 0 Å². The molecule has 3 aromatic carbocycles. The van der Waals surface area contributed by atoms with Crippen LogP contribution in [0.1, 0.15) is 12.8 Å². The van der Waals surface area contributed by atoms with Crippen LogP contribution in [-0.2, 0) is 4.79 Å². The van der Waals surface area contributed by atoms with Gasteiger partial charge in [0.15, 0.2) is 0 Å². The maximum Gasteiger partial charge on any atom is 0.241 e. The summed E-state index contributed by atoms with van der Waals surface area (Å²) in [6.45, 7) is 0.917. The molecule has 0 aliphatic carbocycles. The van der Waals surface area contributed by atoms with Gasteiger partial charge in [0.2, 0.25) is 5.91 Å². The fourth-order valence-electron chi connectivity index (χ4n) is 3.48. The van der Waals surface area contributed by atoms with Crippen molar-refractivity contribution in [2.45, 2.75) is 18.9 Å². The highest BCUT2D eigenvalue weighted by atomic mass is 31.1. The zero-order chi connectivity index (χ0) is 18.5. The fourth-order valence-corrected chi connectivity index (χ4v) is 5.89. The molecule has 0 saturated carbocycles. The van der Waals surface area contributed by atoms with Crippen molar-refractivity contribution in [2.75, 3.05) is 11.9 Å². The quantitative estimate of drug-likeness (QED) is 0.674. The summed E-state index contributed by atoms with van der Waals surface area (Å²) in [4.78, 5) is 12.7. The lowest BCUT2D eigenvalue weighted by molar-refractivity contribution is -0.117. The van der Waals surface area contributed by atoms with Gasteiger partial charge in [0, 0.05) is 11.0 Å². The molecule has 0 unspecified atom stereocenters. The van der Waals surface area contributed by atoms with E-state index in [-0.39, 0.29) is 11.9 Å². The van der Waals surface area contributed by atoms with E-state index in [9.17, 15) is 4.79 Å². The summed E-state index contributed by atoms with van der Waals surface area (Å²) >= 11 is 0. The fraction of sp³-hybridized carbons (Fsp3) is 0.174. The van der Waals surface area contributed by atoms with Crippen molar-refractivity contribution in [3.8, 4) is 0 Å². The van der Waals surface area contributed by atoms with Gasteiger partial charge in [-0.2, -0.15) is 0 Å².